The third-order valence-electron chi connectivity index (χ3n) is 4.55. The smallest absolute Gasteiger partial charge is 0.404 e. The Balaban J connectivity index is 1.69. The van der Waals surface area contributed by atoms with Crippen LogP contribution in [0.5, 0.6) is 0 Å². The average molecular weight is 283 g/mol. The number of hydrogen-bond acceptors (Lipinski definition) is 3. The zero-order valence-corrected chi connectivity index (χ0v) is 12.8. The van der Waals surface area contributed by atoms with E-state index in [0.717, 1.165) is 31.8 Å². The van der Waals surface area contributed by atoms with Gasteiger partial charge in [0.1, 0.15) is 0 Å². The van der Waals surface area contributed by atoms with Crippen molar-refractivity contribution in [3.8, 4) is 0 Å². The second-order valence-corrected chi connectivity index (χ2v) is 6.69. The van der Waals surface area contributed by atoms with Gasteiger partial charge in [-0.25, -0.2) is 4.79 Å². The van der Waals surface area contributed by atoms with Crippen LogP contribution in [0, 0.1) is 5.92 Å². The molecule has 2 saturated heterocycles. The molecule has 0 aromatic carbocycles. The maximum absolute atomic E-state index is 10.6. The van der Waals surface area contributed by atoms with Crippen molar-refractivity contribution < 1.29 is 9.90 Å². The molecule has 0 atom stereocenters. The van der Waals surface area contributed by atoms with Crippen molar-refractivity contribution in [2.75, 3.05) is 32.7 Å². The van der Waals surface area contributed by atoms with E-state index in [1.165, 1.54) is 32.5 Å². The zero-order valence-electron chi connectivity index (χ0n) is 12.8. The van der Waals surface area contributed by atoms with Crippen molar-refractivity contribution in [1.82, 2.24) is 15.1 Å². The average Bonchev–Trinajstić information content (AvgIpc) is 2.39. The summed E-state index contributed by atoms with van der Waals surface area (Å²) in [5.41, 5.74) is 0. The van der Waals surface area contributed by atoms with Gasteiger partial charge in [-0.15, -0.1) is 0 Å². The topological polar surface area (TPSA) is 55.8 Å². The minimum atomic E-state index is -0.884. The number of rotatable bonds is 4. The van der Waals surface area contributed by atoms with Crippen LogP contribution in [0.4, 0.5) is 4.79 Å². The number of nitrogens with one attached hydrogen (secondary N) is 1. The lowest BCUT2D eigenvalue weighted by Gasteiger charge is -2.42. The van der Waals surface area contributed by atoms with Crippen LogP contribution in [0.15, 0.2) is 0 Å². The molecule has 0 aromatic rings. The minimum absolute atomic E-state index is 0.157. The van der Waals surface area contributed by atoms with Crippen LogP contribution in [-0.4, -0.2) is 65.8 Å². The molecule has 0 bridgehead atoms. The second kappa shape index (κ2) is 7.27. The molecule has 116 valence electrons. The molecule has 0 saturated carbocycles. The van der Waals surface area contributed by atoms with Gasteiger partial charge in [-0.2, -0.15) is 0 Å². The Morgan fingerprint density at radius 2 is 1.75 bits per heavy atom. The lowest BCUT2D eigenvalue weighted by atomic mass is 9.97. The quantitative estimate of drug-likeness (QED) is 0.826. The van der Waals surface area contributed by atoms with Gasteiger partial charge in [-0.3, -0.25) is 0 Å². The molecule has 0 radical (unpaired) electrons. The lowest BCUT2D eigenvalue weighted by Crippen LogP contribution is -2.51. The Kier molecular flexibility index (Phi) is 5.66. The first-order chi connectivity index (χ1) is 9.54. The third-order valence-corrected chi connectivity index (χ3v) is 4.55. The number of hydrogen-bond donors (Lipinski definition) is 2. The normalized spacial score (nSPS) is 24.1. The fraction of sp³-hybridized carbons (Fsp3) is 0.933. The number of carboxylic acid groups (broad SMARTS) is 1. The lowest BCUT2D eigenvalue weighted by molar-refractivity contribution is 0.0791. The number of carbonyl (C=O) groups is 1. The van der Waals surface area contributed by atoms with Gasteiger partial charge in [0, 0.05) is 31.7 Å². The fourth-order valence-electron chi connectivity index (χ4n) is 3.57. The van der Waals surface area contributed by atoms with Gasteiger partial charge in [-0.1, -0.05) is 13.8 Å². The molecule has 20 heavy (non-hydrogen) atoms. The molecule has 2 fully saturated rings. The van der Waals surface area contributed by atoms with E-state index in [9.17, 15) is 4.79 Å². The van der Waals surface area contributed by atoms with E-state index in [0.29, 0.717) is 6.04 Å². The summed E-state index contributed by atoms with van der Waals surface area (Å²) in [6.07, 6.45) is 3.57. The predicted molar refractivity (Wildman–Crippen MR) is 80.1 cm³/mol. The highest BCUT2D eigenvalue weighted by molar-refractivity contribution is 5.64. The Morgan fingerprint density at radius 1 is 1.15 bits per heavy atom. The Hall–Kier alpha value is -0.810. The van der Waals surface area contributed by atoms with Gasteiger partial charge in [0.15, 0.2) is 0 Å². The van der Waals surface area contributed by atoms with Crippen molar-refractivity contribution in [3.63, 3.8) is 0 Å². The summed E-state index contributed by atoms with van der Waals surface area (Å²) < 4.78 is 0. The maximum Gasteiger partial charge on any atom is 0.404 e. The summed E-state index contributed by atoms with van der Waals surface area (Å²) in [4.78, 5) is 15.8. The van der Waals surface area contributed by atoms with Crippen molar-refractivity contribution in [2.45, 2.75) is 51.6 Å². The number of amides is 1. The summed E-state index contributed by atoms with van der Waals surface area (Å²) in [6.45, 7) is 10.3. The Morgan fingerprint density at radius 3 is 2.25 bits per heavy atom. The summed E-state index contributed by atoms with van der Waals surface area (Å²) in [5, 5.41) is 11.4. The molecule has 1 amide bonds. The molecule has 2 aliphatic heterocycles. The minimum Gasteiger partial charge on any atom is -0.465 e. The molecule has 5 nitrogen and oxygen atoms in total. The van der Waals surface area contributed by atoms with Crippen LogP contribution in [0.2, 0.25) is 0 Å². The molecule has 0 aliphatic carbocycles. The standard InChI is InChI=1S/C15H29N3O2/c1-12(2)11-17-7-5-14(6-8-17)18-9-3-13(4-10-18)16-15(19)20/h12-14,16H,3-11H2,1-2H3,(H,19,20). The van der Waals surface area contributed by atoms with Gasteiger partial charge in [0.25, 0.3) is 0 Å². The fourth-order valence-corrected chi connectivity index (χ4v) is 3.57. The van der Waals surface area contributed by atoms with Crippen molar-refractivity contribution >= 4 is 6.09 Å². The van der Waals surface area contributed by atoms with Crippen LogP contribution in [-0.2, 0) is 0 Å². The van der Waals surface area contributed by atoms with Crippen molar-refractivity contribution in [1.29, 1.82) is 0 Å². The predicted octanol–water partition coefficient (Wildman–Crippen LogP) is 1.84. The first kappa shape index (κ1) is 15.6. The van der Waals surface area contributed by atoms with Crippen LogP contribution >= 0.6 is 0 Å². The van der Waals surface area contributed by atoms with E-state index in [1.807, 2.05) is 0 Å². The third kappa shape index (κ3) is 4.63. The maximum atomic E-state index is 10.6. The highest BCUT2D eigenvalue weighted by Gasteiger charge is 2.28. The van der Waals surface area contributed by atoms with E-state index in [1.54, 1.807) is 0 Å². The molecule has 2 N–H and O–H groups in total. The van der Waals surface area contributed by atoms with Gasteiger partial charge < -0.3 is 20.2 Å². The molecular formula is C15H29N3O2. The highest BCUT2D eigenvalue weighted by atomic mass is 16.4. The van der Waals surface area contributed by atoms with E-state index in [-0.39, 0.29) is 6.04 Å². The number of likely N-dealkylation sites (tertiary alicyclic amines) is 2. The first-order valence-electron chi connectivity index (χ1n) is 8.00. The van der Waals surface area contributed by atoms with Gasteiger partial charge in [-0.05, 0) is 44.7 Å². The largest absolute Gasteiger partial charge is 0.465 e. The Bertz CT molecular complexity index is 306. The molecule has 0 unspecified atom stereocenters. The number of nitrogens with zero attached hydrogens (tertiary/aromatic N) is 2. The molecule has 0 spiro atoms. The summed E-state index contributed by atoms with van der Waals surface area (Å²) >= 11 is 0. The summed E-state index contributed by atoms with van der Waals surface area (Å²) in [5.74, 6) is 0.754. The highest BCUT2D eigenvalue weighted by Crippen LogP contribution is 2.21. The van der Waals surface area contributed by atoms with E-state index >= 15 is 0 Å². The monoisotopic (exact) mass is 283 g/mol. The van der Waals surface area contributed by atoms with E-state index < -0.39 is 6.09 Å². The van der Waals surface area contributed by atoms with E-state index in [4.69, 9.17) is 5.11 Å². The second-order valence-electron chi connectivity index (χ2n) is 6.69. The van der Waals surface area contributed by atoms with Gasteiger partial charge in [0.2, 0.25) is 0 Å². The van der Waals surface area contributed by atoms with Gasteiger partial charge in [0.05, 0.1) is 0 Å². The van der Waals surface area contributed by atoms with Crippen LogP contribution in [0.1, 0.15) is 39.5 Å². The van der Waals surface area contributed by atoms with Crippen LogP contribution < -0.4 is 5.32 Å². The molecule has 5 heteroatoms. The van der Waals surface area contributed by atoms with Gasteiger partial charge >= 0.3 is 6.09 Å². The van der Waals surface area contributed by atoms with Crippen LogP contribution in [0.25, 0.3) is 0 Å². The SMILES string of the molecule is CC(C)CN1CCC(N2CCC(NC(=O)O)CC2)CC1. The summed E-state index contributed by atoms with van der Waals surface area (Å²) in [7, 11) is 0. The molecular weight excluding hydrogens is 254 g/mol. The van der Waals surface area contributed by atoms with Crippen molar-refractivity contribution in [2.24, 2.45) is 5.92 Å². The van der Waals surface area contributed by atoms with Crippen molar-refractivity contribution in [3.05, 3.63) is 0 Å². The zero-order chi connectivity index (χ0) is 14.5. The Labute approximate surface area is 122 Å². The first-order valence-corrected chi connectivity index (χ1v) is 8.00. The van der Waals surface area contributed by atoms with E-state index in [2.05, 4.69) is 29.0 Å². The molecule has 0 aromatic heterocycles. The molecule has 2 rings (SSSR count). The summed E-state index contributed by atoms with van der Waals surface area (Å²) in [6, 6.07) is 0.869. The molecule has 2 aliphatic rings. The van der Waals surface area contributed by atoms with Crippen LogP contribution in [0.3, 0.4) is 0 Å². The molecule has 2 heterocycles. The number of piperidine rings is 2.